The molecular weight excluding hydrogens is 264 g/mol. The van der Waals surface area contributed by atoms with E-state index in [0.717, 1.165) is 11.8 Å². The van der Waals surface area contributed by atoms with E-state index in [1.807, 2.05) is 11.3 Å². The van der Waals surface area contributed by atoms with Gasteiger partial charge in [-0.25, -0.2) is 0 Å². The number of hydrogen-bond donors (Lipinski definition) is 2. The molecule has 4 aliphatic rings. The highest BCUT2D eigenvalue weighted by Crippen LogP contribution is 2.68. The molecule has 2 nitrogen and oxygen atoms in total. The zero-order valence-corrected chi connectivity index (χ0v) is 13.4. The van der Waals surface area contributed by atoms with Gasteiger partial charge in [0, 0.05) is 4.88 Å². The molecule has 1 aromatic heterocycles. The molecule has 1 aromatic rings. The fourth-order valence-corrected chi connectivity index (χ4v) is 7.17. The van der Waals surface area contributed by atoms with Crippen LogP contribution in [0.2, 0.25) is 0 Å². The average Bonchev–Trinajstić information content (AvgIpc) is 2.73. The van der Waals surface area contributed by atoms with Crippen LogP contribution in [0, 0.1) is 29.6 Å². The zero-order chi connectivity index (χ0) is 14.0. The lowest BCUT2D eigenvalue weighted by Crippen LogP contribution is -2.56. The monoisotopic (exact) mass is 290 g/mol. The summed E-state index contributed by atoms with van der Waals surface area (Å²) < 4.78 is 0. The van der Waals surface area contributed by atoms with Gasteiger partial charge < -0.3 is 0 Å². The van der Waals surface area contributed by atoms with Crippen LogP contribution in [0.15, 0.2) is 11.4 Å². The van der Waals surface area contributed by atoms with Crippen molar-refractivity contribution in [2.24, 2.45) is 28.5 Å². The van der Waals surface area contributed by atoms with Crippen LogP contribution < -0.4 is 11.3 Å². The van der Waals surface area contributed by atoms with Gasteiger partial charge >= 0.3 is 0 Å². The summed E-state index contributed by atoms with van der Waals surface area (Å²) in [6.45, 7) is 4.78. The maximum Gasteiger partial charge on any atom is 0.0527 e. The van der Waals surface area contributed by atoms with Crippen molar-refractivity contribution >= 4 is 11.3 Å². The molecule has 0 radical (unpaired) electrons. The fourth-order valence-electron chi connectivity index (χ4n) is 6.43. The molecule has 20 heavy (non-hydrogen) atoms. The molecule has 4 fully saturated rings. The molecule has 4 aliphatic carbocycles. The lowest BCUT2D eigenvalue weighted by Gasteiger charge is -2.63. The molecule has 4 bridgehead atoms. The Morgan fingerprint density at radius 3 is 2.50 bits per heavy atom. The third-order valence-corrected chi connectivity index (χ3v) is 7.25. The van der Waals surface area contributed by atoms with Crippen molar-refractivity contribution in [3.8, 4) is 0 Å². The second-order valence-electron chi connectivity index (χ2n) is 8.17. The Kier molecular flexibility index (Phi) is 2.87. The molecule has 5 rings (SSSR count). The summed E-state index contributed by atoms with van der Waals surface area (Å²) >= 11 is 1.86. The summed E-state index contributed by atoms with van der Waals surface area (Å²) in [6.07, 6.45) is 8.57. The van der Waals surface area contributed by atoms with E-state index in [1.54, 1.807) is 0 Å². The van der Waals surface area contributed by atoms with E-state index in [1.165, 1.54) is 49.0 Å². The molecule has 3 unspecified atom stereocenters. The van der Waals surface area contributed by atoms with Gasteiger partial charge in [0.05, 0.1) is 6.04 Å². The van der Waals surface area contributed by atoms with Gasteiger partial charge in [0.15, 0.2) is 0 Å². The smallest absolute Gasteiger partial charge is 0.0527 e. The summed E-state index contributed by atoms with van der Waals surface area (Å²) in [7, 11) is 0. The molecule has 110 valence electrons. The molecule has 4 saturated carbocycles. The highest BCUT2D eigenvalue weighted by Gasteiger charge is 2.58. The number of rotatable bonds is 3. The lowest BCUT2D eigenvalue weighted by atomic mass is 9.43. The Labute approximate surface area is 126 Å². The van der Waals surface area contributed by atoms with E-state index < -0.39 is 0 Å². The van der Waals surface area contributed by atoms with Crippen LogP contribution in [-0.2, 0) is 0 Å². The summed E-state index contributed by atoms with van der Waals surface area (Å²) in [5.74, 6) is 7.96. The number of nitrogens with one attached hydrogen (secondary N) is 1. The van der Waals surface area contributed by atoms with Gasteiger partial charge in [0.1, 0.15) is 0 Å². The quantitative estimate of drug-likeness (QED) is 0.648. The van der Waals surface area contributed by atoms with Gasteiger partial charge in [-0.3, -0.25) is 11.3 Å². The Morgan fingerprint density at radius 1 is 1.30 bits per heavy atom. The van der Waals surface area contributed by atoms with Crippen LogP contribution in [0.5, 0.6) is 0 Å². The normalized spacial score (nSPS) is 44.0. The standard InChI is InChI=1S/C17H26N2S/c1-11-14(3-4-20-11)15(19-18)17-8-12-5-13(9-17)7-16(2,6-12)10-17/h3-4,12-13,15,19H,5-10,18H2,1-2H3. The number of aryl methyl sites for hydroxylation is 1. The largest absolute Gasteiger partial charge is 0.271 e. The van der Waals surface area contributed by atoms with Crippen LogP contribution in [-0.4, -0.2) is 0 Å². The average molecular weight is 290 g/mol. The van der Waals surface area contributed by atoms with Crippen molar-refractivity contribution in [1.82, 2.24) is 5.43 Å². The van der Waals surface area contributed by atoms with Crippen molar-refractivity contribution in [2.75, 3.05) is 0 Å². The lowest BCUT2D eigenvalue weighted by molar-refractivity contribution is -0.119. The van der Waals surface area contributed by atoms with Crippen molar-refractivity contribution < 1.29 is 0 Å². The molecule has 0 amide bonds. The maximum atomic E-state index is 6.05. The number of nitrogens with two attached hydrogens (primary N) is 1. The number of hydrazine groups is 1. The van der Waals surface area contributed by atoms with Crippen LogP contribution in [0.4, 0.5) is 0 Å². The number of hydrogen-bond acceptors (Lipinski definition) is 3. The van der Waals surface area contributed by atoms with Crippen molar-refractivity contribution in [1.29, 1.82) is 0 Å². The van der Waals surface area contributed by atoms with Crippen molar-refractivity contribution in [3.63, 3.8) is 0 Å². The van der Waals surface area contributed by atoms with Gasteiger partial charge in [-0.1, -0.05) is 6.92 Å². The molecule has 0 aliphatic heterocycles. The van der Waals surface area contributed by atoms with E-state index >= 15 is 0 Å². The van der Waals surface area contributed by atoms with Gasteiger partial charge in [0.25, 0.3) is 0 Å². The molecule has 0 saturated heterocycles. The first-order valence-corrected chi connectivity index (χ1v) is 8.92. The maximum absolute atomic E-state index is 6.05. The predicted octanol–water partition coefficient (Wildman–Crippen LogP) is 4.17. The van der Waals surface area contributed by atoms with Crippen molar-refractivity contribution in [2.45, 2.75) is 58.4 Å². The highest BCUT2D eigenvalue weighted by atomic mass is 32.1. The third kappa shape index (κ3) is 1.83. The first-order chi connectivity index (χ1) is 9.54. The molecule has 3 N–H and O–H groups in total. The van der Waals surface area contributed by atoms with Crippen LogP contribution in [0.25, 0.3) is 0 Å². The predicted molar refractivity (Wildman–Crippen MR) is 84.3 cm³/mol. The highest BCUT2D eigenvalue weighted by molar-refractivity contribution is 7.10. The van der Waals surface area contributed by atoms with E-state index in [-0.39, 0.29) is 0 Å². The van der Waals surface area contributed by atoms with E-state index in [2.05, 4.69) is 30.7 Å². The molecule has 0 aromatic carbocycles. The third-order valence-electron chi connectivity index (χ3n) is 6.39. The van der Waals surface area contributed by atoms with E-state index in [0.29, 0.717) is 16.9 Å². The van der Waals surface area contributed by atoms with Gasteiger partial charge in [-0.2, -0.15) is 0 Å². The second kappa shape index (κ2) is 4.31. The molecule has 1 heterocycles. The SMILES string of the molecule is Cc1sccc1C(NN)C12CC3CC(CC(C)(C3)C1)C2. The Hall–Kier alpha value is -0.380. The minimum atomic E-state index is 0.360. The molecule has 0 spiro atoms. The van der Waals surface area contributed by atoms with Gasteiger partial charge in [-0.15, -0.1) is 11.3 Å². The molecule has 3 atom stereocenters. The first-order valence-electron chi connectivity index (χ1n) is 8.04. The van der Waals surface area contributed by atoms with Gasteiger partial charge in [-0.05, 0) is 85.1 Å². The zero-order valence-electron chi connectivity index (χ0n) is 12.6. The first kappa shape index (κ1) is 13.3. The van der Waals surface area contributed by atoms with E-state index in [4.69, 9.17) is 5.84 Å². The topological polar surface area (TPSA) is 38.0 Å². The summed E-state index contributed by atoms with van der Waals surface area (Å²) in [5, 5.41) is 2.22. The van der Waals surface area contributed by atoms with Crippen LogP contribution in [0.3, 0.4) is 0 Å². The Balaban J connectivity index is 1.74. The minimum absolute atomic E-state index is 0.360. The Morgan fingerprint density at radius 2 is 2.00 bits per heavy atom. The molecular formula is C17H26N2S. The minimum Gasteiger partial charge on any atom is -0.271 e. The summed E-state index contributed by atoms with van der Waals surface area (Å²) in [4.78, 5) is 1.44. The second-order valence-corrected chi connectivity index (χ2v) is 9.29. The Bertz CT molecular complexity index is 507. The van der Waals surface area contributed by atoms with Crippen LogP contribution in [0.1, 0.15) is 61.9 Å². The van der Waals surface area contributed by atoms with Crippen LogP contribution >= 0.6 is 11.3 Å². The van der Waals surface area contributed by atoms with Crippen molar-refractivity contribution in [3.05, 3.63) is 21.9 Å². The molecule has 3 heteroatoms. The summed E-state index contributed by atoms with van der Waals surface area (Å²) in [6, 6.07) is 2.66. The number of thiophene rings is 1. The summed E-state index contributed by atoms with van der Waals surface area (Å²) in [5.41, 5.74) is 5.69. The van der Waals surface area contributed by atoms with Gasteiger partial charge in [0.2, 0.25) is 0 Å². The fraction of sp³-hybridized carbons (Fsp3) is 0.765. The van der Waals surface area contributed by atoms with E-state index in [9.17, 15) is 0 Å².